The van der Waals surface area contributed by atoms with E-state index >= 15 is 0 Å². The van der Waals surface area contributed by atoms with Crippen LogP contribution in [-0.2, 0) is 4.79 Å². The van der Waals surface area contributed by atoms with E-state index in [-0.39, 0.29) is 17.7 Å². The van der Waals surface area contributed by atoms with Gasteiger partial charge in [-0.25, -0.2) is 4.79 Å². The van der Waals surface area contributed by atoms with Crippen LogP contribution in [-0.4, -0.2) is 59.8 Å². The van der Waals surface area contributed by atoms with Gasteiger partial charge in [0.2, 0.25) is 0 Å². The molecule has 0 bridgehead atoms. The molecule has 11 nitrogen and oxygen atoms in total. The van der Waals surface area contributed by atoms with Gasteiger partial charge in [-0.15, -0.1) is 0 Å². The smallest absolute Gasteiger partial charge is 0.323 e. The number of amides is 5. The summed E-state index contributed by atoms with van der Waals surface area (Å²) in [6.07, 6.45) is 4.17. The molecule has 6 N–H and O–H groups in total. The zero-order valence-corrected chi connectivity index (χ0v) is 26.3. The lowest BCUT2D eigenvalue weighted by molar-refractivity contribution is -0.110. The van der Waals surface area contributed by atoms with E-state index in [0.717, 1.165) is 30.9 Å². The van der Waals surface area contributed by atoms with Gasteiger partial charge >= 0.3 is 6.03 Å². The number of fused-ring (bicyclic) bond motifs is 1. The van der Waals surface area contributed by atoms with Gasteiger partial charge < -0.3 is 36.5 Å². The topological polar surface area (TPSA) is 147 Å². The molecule has 3 heterocycles. The number of nitrogens with one attached hydrogen (secondary N) is 6. The van der Waals surface area contributed by atoms with E-state index in [4.69, 9.17) is 0 Å². The number of nitrogens with zero attached hydrogens (tertiary/aromatic N) is 1. The standard InChI is InChI=1S/C36H37N7O4/c1-22-30(38-23(2)32(22)35(46)37-15-18-43-16-6-7-17-43)21-29-28-14-13-27(20-31(28)42-34(29)45)41-36(47)40-26-12-8-11-25(19-26)39-33(44)24-9-4-3-5-10-24/h3-5,8-14,19-21,38H,6-7,15-18H2,1-2H3,(H,37,46)(H,39,44)(H,42,45)(H2,40,41,47). The average molecular weight is 632 g/mol. The third-order valence-corrected chi connectivity index (χ3v) is 8.38. The number of carbonyl (C=O) groups is 4. The highest BCUT2D eigenvalue weighted by atomic mass is 16.2. The molecule has 0 unspecified atom stereocenters. The van der Waals surface area contributed by atoms with Crippen molar-refractivity contribution in [1.82, 2.24) is 15.2 Å². The second-order valence-electron chi connectivity index (χ2n) is 11.7. The first-order valence-electron chi connectivity index (χ1n) is 15.7. The Kier molecular flexibility index (Phi) is 9.16. The summed E-state index contributed by atoms with van der Waals surface area (Å²) < 4.78 is 0. The van der Waals surface area contributed by atoms with Crippen molar-refractivity contribution in [3.8, 4) is 0 Å². The van der Waals surface area contributed by atoms with Crippen LogP contribution in [0.2, 0.25) is 0 Å². The van der Waals surface area contributed by atoms with Crippen molar-refractivity contribution in [2.75, 3.05) is 47.4 Å². The minimum absolute atomic E-state index is 0.131. The normalized spacial score (nSPS) is 14.9. The summed E-state index contributed by atoms with van der Waals surface area (Å²) in [5, 5.41) is 14.3. The van der Waals surface area contributed by atoms with Crippen molar-refractivity contribution in [3.05, 3.63) is 106 Å². The highest BCUT2D eigenvalue weighted by Gasteiger charge is 2.26. The molecule has 240 valence electrons. The van der Waals surface area contributed by atoms with Crippen molar-refractivity contribution < 1.29 is 19.2 Å². The molecule has 11 heteroatoms. The lowest BCUT2D eigenvalue weighted by Gasteiger charge is -2.14. The number of carbonyl (C=O) groups excluding carboxylic acids is 4. The van der Waals surface area contributed by atoms with Gasteiger partial charge in [-0.2, -0.15) is 0 Å². The van der Waals surface area contributed by atoms with E-state index in [9.17, 15) is 19.2 Å². The highest BCUT2D eigenvalue weighted by Crippen LogP contribution is 2.36. The zero-order valence-electron chi connectivity index (χ0n) is 26.3. The van der Waals surface area contributed by atoms with Crippen molar-refractivity contribution in [3.63, 3.8) is 0 Å². The predicted molar refractivity (Wildman–Crippen MR) is 185 cm³/mol. The number of benzene rings is 3. The zero-order chi connectivity index (χ0) is 32.9. The lowest BCUT2D eigenvalue weighted by atomic mass is 10.0. The van der Waals surface area contributed by atoms with Gasteiger partial charge in [0, 0.05) is 52.7 Å². The Morgan fingerprint density at radius 3 is 2.28 bits per heavy atom. The van der Waals surface area contributed by atoms with E-state index < -0.39 is 6.03 Å². The van der Waals surface area contributed by atoms with Gasteiger partial charge in [0.15, 0.2) is 0 Å². The van der Waals surface area contributed by atoms with E-state index in [1.54, 1.807) is 72.8 Å². The van der Waals surface area contributed by atoms with E-state index in [0.29, 0.717) is 57.3 Å². The summed E-state index contributed by atoms with van der Waals surface area (Å²) in [4.78, 5) is 57.0. The van der Waals surface area contributed by atoms with Crippen LogP contribution in [0.4, 0.5) is 27.5 Å². The molecule has 0 aliphatic carbocycles. The SMILES string of the molecule is Cc1[nH]c(C=C2C(=O)Nc3cc(NC(=O)Nc4cccc(NC(=O)c5ccccc5)c4)ccc32)c(C)c1C(=O)NCCN1CCCC1. The number of H-pyrrole nitrogens is 1. The number of aryl methyl sites for hydroxylation is 1. The Morgan fingerprint density at radius 2 is 1.53 bits per heavy atom. The van der Waals surface area contributed by atoms with Crippen LogP contribution in [0.1, 0.15) is 56.1 Å². The second kappa shape index (κ2) is 13.8. The van der Waals surface area contributed by atoms with Crippen molar-refractivity contribution in [2.45, 2.75) is 26.7 Å². The quantitative estimate of drug-likeness (QED) is 0.128. The fraction of sp³-hybridized carbons (Fsp3) is 0.222. The molecule has 0 saturated carbocycles. The monoisotopic (exact) mass is 631 g/mol. The summed E-state index contributed by atoms with van der Waals surface area (Å²) in [6.45, 7) is 7.31. The summed E-state index contributed by atoms with van der Waals surface area (Å²) in [5.74, 6) is -0.662. The van der Waals surface area contributed by atoms with Crippen LogP contribution < -0.4 is 26.6 Å². The Morgan fingerprint density at radius 1 is 0.830 bits per heavy atom. The van der Waals surface area contributed by atoms with Crippen LogP contribution in [0.5, 0.6) is 0 Å². The first kappa shape index (κ1) is 31.3. The molecule has 2 aliphatic heterocycles. The van der Waals surface area contributed by atoms with Crippen LogP contribution in [0.15, 0.2) is 72.8 Å². The third-order valence-electron chi connectivity index (χ3n) is 8.38. The van der Waals surface area contributed by atoms with Gasteiger partial charge in [-0.3, -0.25) is 14.4 Å². The fourth-order valence-corrected chi connectivity index (χ4v) is 6.00. The molecule has 47 heavy (non-hydrogen) atoms. The van der Waals surface area contributed by atoms with E-state index in [1.165, 1.54) is 12.8 Å². The molecule has 3 aromatic carbocycles. The number of hydrogen-bond acceptors (Lipinski definition) is 5. The Labute approximate surface area is 272 Å². The minimum atomic E-state index is -0.486. The Balaban J connectivity index is 1.09. The van der Waals surface area contributed by atoms with Crippen molar-refractivity contribution in [2.24, 2.45) is 0 Å². The molecule has 2 aliphatic rings. The van der Waals surface area contributed by atoms with Crippen LogP contribution in [0, 0.1) is 13.8 Å². The maximum Gasteiger partial charge on any atom is 0.323 e. The van der Waals surface area contributed by atoms with Gasteiger partial charge in [-0.05, 0) is 93.9 Å². The summed E-state index contributed by atoms with van der Waals surface area (Å²) in [6, 6.07) is 20.4. The molecule has 0 radical (unpaired) electrons. The first-order valence-corrected chi connectivity index (χ1v) is 15.7. The summed E-state index contributed by atoms with van der Waals surface area (Å²) in [5.41, 5.74) is 6.52. The number of urea groups is 1. The molecule has 1 fully saturated rings. The number of aromatic amines is 1. The number of rotatable bonds is 9. The maximum atomic E-state index is 13.0. The predicted octanol–water partition coefficient (Wildman–Crippen LogP) is 5.85. The molecule has 6 rings (SSSR count). The largest absolute Gasteiger partial charge is 0.358 e. The maximum absolute atomic E-state index is 13.0. The molecule has 5 amide bonds. The Bertz CT molecular complexity index is 1870. The molecule has 1 saturated heterocycles. The average Bonchev–Trinajstić information content (AvgIpc) is 3.75. The van der Waals surface area contributed by atoms with Crippen LogP contribution in [0.25, 0.3) is 11.6 Å². The third kappa shape index (κ3) is 7.26. The molecule has 1 aromatic heterocycles. The highest BCUT2D eigenvalue weighted by molar-refractivity contribution is 6.35. The number of hydrogen-bond donors (Lipinski definition) is 6. The summed E-state index contributed by atoms with van der Waals surface area (Å²) >= 11 is 0. The van der Waals surface area contributed by atoms with Crippen LogP contribution >= 0.6 is 0 Å². The van der Waals surface area contributed by atoms with E-state index in [1.807, 2.05) is 19.9 Å². The van der Waals surface area contributed by atoms with Gasteiger partial charge in [0.05, 0.1) is 16.8 Å². The number of likely N-dealkylation sites (tertiary alicyclic amines) is 1. The van der Waals surface area contributed by atoms with Crippen LogP contribution in [0.3, 0.4) is 0 Å². The lowest BCUT2D eigenvalue weighted by Crippen LogP contribution is -2.33. The molecule has 0 spiro atoms. The molecular formula is C36H37N7O4. The molecule has 4 aromatic rings. The number of aromatic nitrogens is 1. The molecular weight excluding hydrogens is 594 g/mol. The van der Waals surface area contributed by atoms with Gasteiger partial charge in [0.1, 0.15) is 0 Å². The van der Waals surface area contributed by atoms with Crippen molar-refractivity contribution >= 4 is 58.2 Å². The number of anilines is 4. The Hall–Kier alpha value is -5.68. The van der Waals surface area contributed by atoms with E-state index in [2.05, 4.69) is 36.5 Å². The van der Waals surface area contributed by atoms with Crippen molar-refractivity contribution in [1.29, 1.82) is 0 Å². The first-order chi connectivity index (χ1) is 22.7. The minimum Gasteiger partial charge on any atom is -0.358 e. The summed E-state index contributed by atoms with van der Waals surface area (Å²) in [7, 11) is 0. The second-order valence-corrected chi connectivity index (χ2v) is 11.7. The van der Waals surface area contributed by atoms with Gasteiger partial charge in [0.25, 0.3) is 17.7 Å². The molecule has 0 atom stereocenters. The van der Waals surface area contributed by atoms with Gasteiger partial charge in [-0.1, -0.05) is 30.3 Å². The fourth-order valence-electron chi connectivity index (χ4n) is 6.00.